The number of aromatic nitrogens is 1. The molecule has 0 saturated heterocycles. The van der Waals surface area contributed by atoms with E-state index in [1.807, 2.05) is 18.2 Å². The van der Waals surface area contributed by atoms with Crippen LogP contribution >= 0.6 is 0 Å². The molecule has 27 heavy (non-hydrogen) atoms. The molecule has 0 radical (unpaired) electrons. The predicted octanol–water partition coefficient (Wildman–Crippen LogP) is 2.53. The number of methoxy groups -OCH3 is 2. The number of H-pyrrole nitrogens is 1. The Labute approximate surface area is 158 Å². The highest BCUT2D eigenvalue weighted by Crippen LogP contribution is 2.41. The molecule has 0 atom stereocenters. The van der Waals surface area contributed by atoms with Crippen LogP contribution in [0.25, 0.3) is 10.9 Å². The zero-order valence-corrected chi connectivity index (χ0v) is 15.9. The van der Waals surface area contributed by atoms with Gasteiger partial charge in [-0.05, 0) is 42.8 Å². The molecule has 0 aliphatic carbocycles. The number of benzene rings is 2. The molecule has 0 unspecified atom stereocenters. The van der Waals surface area contributed by atoms with Gasteiger partial charge in [-0.2, -0.15) is 0 Å². The third-order valence-corrected chi connectivity index (χ3v) is 5.02. The van der Waals surface area contributed by atoms with Gasteiger partial charge >= 0.3 is 0 Å². The molecule has 0 fully saturated rings. The fourth-order valence-corrected chi connectivity index (χ4v) is 3.63. The Balaban J connectivity index is 1.42. The van der Waals surface area contributed by atoms with Crippen LogP contribution in [-0.4, -0.2) is 32.5 Å². The molecule has 3 aromatic rings. The van der Waals surface area contributed by atoms with E-state index in [1.54, 1.807) is 14.2 Å². The molecule has 0 bridgehead atoms. The van der Waals surface area contributed by atoms with Crippen LogP contribution in [0, 0.1) is 6.92 Å². The molecule has 1 aromatic heterocycles. The Bertz CT molecular complexity index is 964. The lowest BCUT2D eigenvalue weighted by Crippen LogP contribution is -2.83. The summed E-state index contributed by atoms with van der Waals surface area (Å²) >= 11 is 0. The van der Waals surface area contributed by atoms with Crippen molar-refractivity contribution in [3.8, 4) is 23.0 Å². The quantitative estimate of drug-likeness (QED) is 0.628. The van der Waals surface area contributed by atoms with Gasteiger partial charge in [0.1, 0.15) is 12.3 Å². The minimum atomic E-state index is 0.252. The number of rotatable bonds is 7. The minimum absolute atomic E-state index is 0.252. The summed E-state index contributed by atoms with van der Waals surface area (Å²) in [4.78, 5) is 3.46. The first-order chi connectivity index (χ1) is 13.2. The molecule has 1 aliphatic rings. The molecular formula is C21H25N2O4+. The number of nitrogens with one attached hydrogen (secondary N) is 1. The molecule has 142 valence electrons. The molecule has 0 amide bonds. The maximum Gasteiger partial charge on any atom is 0.231 e. The van der Waals surface area contributed by atoms with Crippen molar-refractivity contribution >= 4 is 10.9 Å². The van der Waals surface area contributed by atoms with Crippen LogP contribution in [-0.2, 0) is 13.0 Å². The summed E-state index contributed by atoms with van der Waals surface area (Å²) in [7, 11) is 3.35. The molecule has 2 aromatic carbocycles. The van der Waals surface area contributed by atoms with Crippen molar-refractivity contribution in [1.82, 2.24) is 4.98 Å². The number of quaternary nitrogens is 1. The number of aromatic amines is 1. The van der Waals surface area contributed by atoms with Crippen LogP contribution in [0.15, 0.2) is 30.3 Å². The van der Waals surface area contributed by atoms with Gasteiger partial charge in [0.2, 0.25) is 12.5 Å². The van der Waals surface area contributed by atoms with Crippen molar-refractivity contribution in [1.29, 1.82) is 0 Å². The lowest BCUT2D eigenvalue weighted by molar-refractivity contribution is -0.670. The highest BCUT2D eigenvalue weighted by atomic mass is 16.7. The first kappa shape index (κ1) is 17.5. The van der Waals surface area contributed by atoms with Crippen LogP contribution < -0.4 is 24.3 Å². The van der Waals surface area contributed by atoms with Gasteiger partial charge in [-0.1, -0.05) is 0 Å². The summed E-state index contributed by atoms with van der Waals surface area (Å²) in [6, 6.07) is 10.2. The zero-order chi connectivity index (χ0) is 18.8. The molecule has 6 nitrogen and oxygen atoms in total. The normalized spacial score (nSPS) is 12.6. The Kier molecular flexibility index (Phi) is 4.81. The molecule has 3 N–H and O–H groups in total. The minimum Gasteiger partial charge on any atom is -0.497 e. The maximum atomic E-state index is 5.50. The van der Waals surface area contributed by atoms with E-state index in [4.69, 9.17) is 18.9 Å². The summed E-state index contributed by atoms with van der Waals surface area (Å²) < 4.78 is 21.7. The van der Waals surface area contributed by atoms with E-state index in [9.17, 15) is 0 Å². The zero-order valence-electron chi connectivity index (χ0n) is 15.9. The van der Waals surface area contributed by atoms with E-state index in [0.29, 0.717) is 5.75 Å². The molecule has 2 heterocycles. The molecule has 6 heteroatoms. The SMILES string of the molecule is COc1ccc2[nH]c(C)c(CC[NH2+]Cc3cc(OC)c4c(c3)OCO4)c2c1. The number of hydrogen-bond acceptors (Lipinski definition) is 4. The molecular weight excluding hydrogens is 344 g/mol. The second-order valence-electron chi connectivity index (χ2n) is 6.70. The average molecular weight is 369 g/mol. The van der Waals surface area contributed by atoms with E-state index < -0.39 is 0 Å². The van der Waals surface area contributed by atoms with Crippen molar-refractivity contribution in [3.63, 3.8) is 0 Å². The maximum absolute atomic E-state index is 5.50. The van der Waals surface area contributed by atoms with Gasteiger partial charge in [-0.15, -0.1) is 0 Å². The van der Waals surface area contributed by atoms with Crippen molar-refractivity contribution < 1.29 is 24.3 Å². The third kappa shape index (κ3) is 3.40. The van der Waals surface area contributed by atoms with Crippen LogP contribution in [0.3, 0.4) is 0 Å². The topological polar surface area (TPSA) is 69.3 Å². The molecule has 0 saturated carbocycles. The highest BCUT2D eigenvalue weighted by Gasteiger charge is 2.20. The predicted molar refractivity (Wildman–Crippen MR) is 103 cm³/mol. The van der Waals surface area contributed by atoms with Gasteiger partial charge in [-0.25, -0.2) is 0 Å². The van der Waals surface area contributed by atoms with Crippen LogP contribution in [0.4, 0.5) is 0 Å². The summed E-state index contributed by atoms with van der Waals surface area (Å²) in [6.45, 7) is 4.23. The van der Waals surface area contributed by atoms with E-state index in [0.717, 1.165) is 47.8 Å². The van der Waals surface area contributed by atoms with Crippen molar-refractivity contribution in [2.24, 2.45) is 0 Å². The summed E-state index contributed by atoms with van der Waals surface area (Å²) in [5.41, 5.74) is 4.89. The lowest BCUT2D eigenvalue weighted by atomic mass is 10.1. The fourth-order valence-electron chi connectivity index (χ4n) is 3.63. The van der Waals surface area contributed by atoms with Gasteiger partial charge in [0.05, 0.1) is 20.8 Å². The van der Waals surface area contributed by atoms with Crippen LogP contribution in [0.5, 0.6) is 23.0 Å². The number of hydrogen-bond donors (Lipinski definition) is 2. The van der Waals surface area contributed by atoms with E-state index in [2.05, 4.69) is 29.4 Å². The van der Waals surface area contributed by atoms with Crippen LogP contribution in [0.1, 0.15) is 16.8 Å². The Morgan fingerprint density at radius 1 is 1.11 bits per heavy atom. The number of nitrogens with two attached hydrogens (primary N) is 1. The number of fused-ring (bicyclic) bond motifs is 2. The average Bonchev–Trinajstić information content (AvgIpc) is 3.28. The second kappa shape index (κ2) is 7.40. The first-order valence-electron chi connectivity index (χ1n) is 9.13. The van der Waals surface area contributed by atoms with Crippen LogP contribution in [0.2, 0.25) is 0 Å². The van der Waals surface area contributed by atoms with Gasteiger partial charge in [0, 0.05) is 28.6 Å². The summed E-state index contributed by atoms with van der Waals surface area (Å²) in [5, 5.41) is 3.54. The van der Waals surface area contributed by atoms with Gasteiger partial charge in [-0.3, -0.25) is 0 Å². The van der Waals surface area contributed by atoms with E-state index >= 15 is 0 Å². The van der Waals surface area contributed by atoms with Gasteiger partial charge in [0.15, 0.2) is 11.5 Å². The summed E-state index contributed by atoms with van der Waals surface area (Å²) in [6.07, 6.45) is 0.987. The molecule has 0 spiro atoms. The van der Waals surface area contributed by atoms with Crippen molar-refractivity contribution in [3.05, 3.63) is 47.2 Å². The number of ether oxygens (including phenoxy) is 4. The van der Waals surface area contributed by atoms with E-state index in [1.165, 1.54) is 16.6 Å². The molecule has 1 aliphatic heterocycles. The lowest BCUT2D eigenvalue weighted by Gasteiger charge is -2.08. The van der Waals surface area contributed by atoms with Gasteiger partial charge in [0.25, 0.3) is 0 Å². The Hall–Kier alpha value is -2.86. The standard InChI is InChI=1S/C21H24N2O4/c1-13-16(17-10-15(24-2)4-5-18(17)23-13)6-7-22-11-14-8-19(25-3)21-20(9-14)26-12-27-21/h4-5,8-10,22-23H,6-7,11-12H2,1-3H3/p+1. The highest BCUT2D eigenvalue weighted by molar-refractivity contribution is 5.86. The molecule has 4 rings (SSSR count). The largest absolute Gasteiger partial charge is 0.497 e. The number of aryl methyl sites for hydroxylation is 1. The second-order valence-corrected chi connectivity index (χ2v) is 6.70. The van der Waals surface area contributed by atoms with Gasteiger partial charge < -0.3 is 29.2 Å². The monoisotopic (exact) mass is 369 g/mol. The Morgan fingerprint density at radius 3 is 2.81 bits per heavy atom. The van der Waals surface area contributed by atoms with Crippen molar-refractivity contribution in [2.45, 2.75) is 19.9 Å². The van der Waals surface area contributed by atoms with Crippen molar-refractivity contribution in [2.75, 3.05) is 27.6 Å². The van der Waals surface area contributed by atoms with E-state index in [-0.39, 0.29) is 6.79 Å². The fraction of sp³-hybridized carbons (Fsp3) is 0.333. The smallest absolute Gasteiger partial charge is 0.231 e. The first-order valence-corrected chi connectivity index (χ1v) is 9.13. The third-order valence-electron chi connectivity index (χ3n) is 5.02. The summed E-state index contributed by atoms with van der Waals surface area (Å²) in [5.74, 6) is 3.08. The Morgan fingerprint density at radius 2 is 2.00 bits per heavy atom.